The molecule has 3 nitrogen and oxygen atoms in total. The first kappa shape index (κ1) is 21.9. The quantitative estimate of drug-likeness (QED) is 0.441. The number of methoxy groups -OCH3 is 1. The van der Waals surface area contributed by atoms with Gasteiger partial charge in [0.1, 0.15) is 0 Å². The highest BCUT2D eigenvalue weighted by molar-refractivity contribution is 6.31. The Morgan fingerprint density at radius 1 is 0.867 bits per heavy atom. The summed E-state index contributed by atoms with van der Waals surface area (Å²) in [6, 6.07) is 21.6. The molecule has 30 heavy (non-hydrogen) atoms. The monoisotopic (exact) mass is 434 g/mol. The van der Waals surface area contributed by atoms with Gasteiger partial charge in [0.2, 0.25) is 0 Å². The highest BCUT2D eigenvalue weighted by Gasteiger charge is 2.64. The molecule has 2 atom stereocenters. The lowest BCUT2D eigenvalue weighted by Crippen LogP contribution is -2.52. The van der Waals surface area contributed by atoms with E-state index >= 15 is 0 Å². The molecule has 0 bridgehead atoms. The number of ether oxygens (including phenoxy) is 2. The summed E-state index contributed by atoms with van der Waals surface area (Å²) in [6.45, 7) is 0. The molecule has 0 saturated heterocycles. The summed E-state index contributed by atoms with van der Waals surface area (Å²) in [5, 5.41) is 0.258. The van der Waals surface area contributed by atoms with Crippen LogP contribution in [0.25, 0.3) is 0 Å². The molecule has 0 saturated carbocycles. The van der Waals surface area contributed by atoms with E-state index in [1.54, 1.807) is 60.7 Å². The van der Waals surface area contributed by atoms with Crippen LogP contribution in [0.3, 0.4) is 0 Å². The van der Waals surface area contributed by atoms with Crippen molar-refractivity contribution in [1.82, 2.24) is 0 Å². The van der Waals surface area contributed by atoms with E-state index in [9.17, 15) is 18.0 Å². The first-order valence-corrected chi connectivity index (χ1v) is 9.37. The number of halogens is 4. The Morgan fingerprint density at radius 2 is 1.40 bits per heavy atom. The maximum Gasteiger partial charge on any atom is 0.432 e. The Hall–Kier alpha value is -2.83. The third-order valence-corrected chi connectivity index (χ3v) is 5.03. The van der Waals surface area contributed by atoms with Crippen LogP contribution in [0.15, 0.2) is 84.9 Å². The molecule has 7 heteroatoms. The zero-order chi connectivity index (χ0) is 21.8. The maximum absolute atomic E-state index is 14.2. The second kappa shape index (κ2) is 8.90. The van der Waals surface area contributed by atoms with Crippen LogP contribution < -0.4 is 0 Å². The Balaban J connectivity index is 2.11. The summed E-state index contributed by atoms with van der Waals surface area (Å²) in [4.78, 5) is 13.1. The van der Waals surface area contributed by atoms with E-state index in [-0.39, 0.29) is 10.6 Å². The van der Waals surface area contributed by atoms with Gasteiger partial charge in [-0.1, -0.05) is 90.5 Å². The van der Waals surface area contributed by atoms with Crippen molar-refractivity contribution in [2.45, 2.75) is 17.9 Å². The molecular formula is C23H18ClF3O3. The van der Waals surface area contributed by atoms with Gasteiger partial charge in [-0.25, -0.2) is 4.79 Å². The van der Waals surface area contributed by atoms with Gasteiger partial charge >= 0.3 is 12.1 Å². The number of esters is 1. The highest BCUT2D eigenvalue weighted by Crippen LogP contribution is 2.44. The molecule has 0 spiro atoms. The zero-order valence-electron chi connectivity index (χ0n) is 15.9. The smallest absolute Gasteiger partial charge is 0.432 e. The number of hydrogen-bond donors (Lipinski definition) is 0. The van der Waals surface area contributed by atoms with E-state index in [4.69, 9.17) is 21.1 Å². The van der Waals surface area contributed by atoms with Crippen LogP contribution in [0.2, 0.25) is 5.02 Å². The first-order chi connectivity index (χ1) is 14.3. The lowest BCUT2D eigenvalue weighted by atomic mass is 9.92. The highest BCUT2D eigenvalue weighted by atomic mass is 35.5. The average Bonchev–Trinajstić information content (AvgIpc) is 2.74. The number of carbonyl (C=O) groups is 1. The van der Waals surface area contributed by atoms with Gasteiger partial charge in [0.05, 0.1) is 0 Å². The van der Waals surface area contributed by atoms with Crippen molar-refractivity contribution in [2.24, 2.45) is 0 Å². The molecule has 0 aliphatic heterocycles. The van der Waals surface area contributed by atoms with Crippen molar-refractivity contribution in [1.29, 1.82) is 0 Å². The molecule has 3 aromatic rings. The topological polar surface area (TPSA) is 35.5 Å². The molecule has 0 N–H and O–H groups in total. The second-order valence-electron chi connectivity index (χ2n) is 6.47. The minimum Gasteiger partial charge on any atom is -0.450 e. The van der Waals surface area contributed by atoms with Crippen LogP contribution in [-0.2, 0) is 19.9 Å². The first-order valence-electron chi connectivity index (χ1n) is 8.99. The molecule has 0 amide bonds. The van der Waals surface area contributed by atoms with Gasteiger partial charge in [0.15, 0.2) is 6.10 Å². The Kier molecular flexibility index (Phi) is 6.48. The standard InChI is InChI=1S/C23H18ClF3O3/c1-29-22(23(25,26)27,17-12-6-3-7-13-17)21(28)30-20(16-10-4-2-5-11-16)18-14-8-9-15-19(18)24/h2-15,20H,1H3/t20-,22+/m0/s1. The summed E-state index contributed by atoms with van der Waals surface area (Å²) in [7, 11) is 0.828. The van der Waals surface area contributed by atoms with E-state index in [1.807, 2.05) is 0 Å². The normalized spacial score (nSPS) is 14.6. The van der Waals surface area contributed by atoms with Crippen molar-refractivity contribution >= 4 is 17.6 Å². The molecular weight excluding hydrogens is 417 g/mol. The minimum absolute atomic E-state index is 0.258. The molecule has 0 aliphatic carbocycles. The van der Waals surface area contributed by atoms with Crippen LogP contribution in [0.4, 0.5) is 13.2 Å². The predicted octanol–water partition coefficient (Wildman–Crippen LogP) is 6.08. The fourth-order valence-electron chi connectivity index (χ4n) is 3.20. The van der Waals surface area contributed by atoms with Crippen LogP contribution >= 0.6 is 11.6 Å². The predicted molar refractivity (Wildman–Crippen MR) is 107 cm³/mol. The summed E-state index contributed by atoms with van der Waals surface area (Å²) < 4.78 is 52.9. The van der Waals surface area contributed by atoms with Crippen molar-refractivity contribution in [3.63, 3.8) is 0 Å². The molecule has 0 fully saturated rings. The number of carbonyl (C=O) groups excluding carboxylic acids is 1. The van der Waals surface area contributed by atoms with Crippen LogP contribution in [0, 0.1) is 0 Å². The number of benzene rings is 3. The molecule has 0 heterocycles. The number of hydrogen-bond acceptors (Lipinski definition) is 3. The van der Waals surface area contributed by atoms with Crippen molar-refractivity contribution < 1.29 is 27.4 Å². The van der Waals surface area contributed by atoms with Crippen molar-refractivity contribution in [3.05, 3.63) is 107 Å². The summed E-state index contributed by atoms with van der Waals surface area (Å²) >= 11 is 6.26. The second-order valence-corrected chi connectivity index (χ2v) is 6.87. The molecule has 0 aromatic heterocycles. The van der Waals surface area contributed by atoms with Gasteiger partial charge in [-0.3, -0.25) is 0 Å². The van der Waals surface area contributed by atoms with Gasteiger partial charge in [-0.15, -0.1) is 0 Å². The van der Waals surface area contributed by atoms with E-state index in [0.29, 0.717) is 11.1 Å². The van der Waals surface area contributed by atoms with E-state index in [0.717, 1.165) is 7.11 Å². The van der Waals surface area contributed by atoms with Gasteiger partial charge in [-0.05, 0) is 11.6 Å². The van der Waals surface area contributed by atoms with Crippen molar-refractivity contribution in [2.75, 3.05) is 7.11 Å². The molecule has 156 valence electrons. The van der Waals surface area contributed by atoms with Gasteiger partial charge < -0.3 is 9.47 Å². The van der Waals surface area contributed by atoms with E-state index in [2.05, 4.69) is 0 Å². The van der Waals surface area contributed by atoms with Gasteiger partial charge in [0.25, 0.3) is 5.60 Å². The Bertz CT molecular complexity index is 993. The Morgan fingerprint density at radius 3 is 1.93 bits per heavy atom. The number of rotatable bonds is 6. The largest absolute Gasteiger partial charge is 0.450 e. The molecule has 3 aromatic carbocycles. The minimum atomic E-state index is -5.07. The lowest BCUT2D eigenvalue weighted by molar-refractivity contribution is -0.277. The van der Waals surface area contributed by atoms with Crippen molar-refractivity contribution in [3.8, 4) is 0 Å². The SMILES string of the molecule is CO[C@@](C(=O)O[C@@H](c1ccccc1)c1ccccc1Cl)(c1ccccc1)C(F)(F)F. The van der Waals surface area contributed by atoms with Gasteiger partial charge in [0, 0.05) is 23.3 Å². The van der Waals surface area contributed by atoms with Crippen LogP contribution in [-0.4, -0.2) is 19.3 Å². The summed E-state index contributed by atoms with van der Waals surface area (Å²) in [6.07, 6.45) is -6.23. The van der Waals surface area contributed by atoms with Gasteiger partial charge in [-0.2, -0.15) is 13.2 Å². The fourth-order valence-corrected chi connectivity index (χ4v) is 3.44. The molecule has 0 unspecified atom stereocenters. The molecule has 3 rings (SSSR count). The third kappa shape index (κ3) is 4.06. The fraction of sp³-hybridized carbons (Fsp3) is 0.174. The Labute approximate surface area is 177 Å². The molecule has 0 aliphatic rings. The van der Waals surface area contributed by atoms with E-state index < -0.39 is 23.9 Å². The maximum atomic E-state index is 14.2. The number of alkyl halides is 3. The zero-order valence-corrected chi connectivity index (χ0v) is 16.7. The summed E-state index contributed by atoms with van der Waals surface area (Å²) in [5.74, 6) is -1.59. The van der Waals surface area contributed by atoms with Crippen LogP contribution in [0.5, 0.6) is 0 Å². The lowest BCUT2D eigenvalue weighted by Gasteiger charge is -2.34. The van der Waals surface area contributed by atoms with Crippen LogP contribution in [0.1, 0.15) is 22.8 Å². The van der Waals surface area contributed by atoms with E-state index in [1.165, 1.54) is 24.3 Å². The third-order valence-electron chi connectivity index (χ3n) is 4.69. The average molecular weight is 435 g/mol. The molecule has 0 radical (unpaired) electrons. The summed E-state index contributed by atoms with van der Waals surface area (Å²) in [5.41, 5.74) is -2.84.